The van der Waals surface area contributed by atoms with Gasteiger partial charge in [0.05, 0.1) is 57.2 Å². The highest BCUT2D eigenvalue weighted by molar-refractivity contribution is 6.13. The van der Waals surface area contributed by atoms with Gasteiger partial charge in [0.25, 0.3) is 0 Å². The first kappa shape index (κ1) is 34.3. The summed E-state index contributed by atoms with van der Waals surface area (Å²) < 4.78 is 50.1. The Bertz CT molecular complexity index is 3180. The Morgan fingerprint density at radius 3 is 1.48 bits per heavy atom. The van der Waals surface area contributed by atoms with E-state index in [9.17, 15) is 5.26 Å². The topological polar surface area (TPSA) is 89.6 Å². The zero-order chi connectivity index (χ0) is 39.5. The van der Waals surface area contributed by atoms with E-state index in [-0.39, 0.29) is 33.8 Å². The molecular weight excluding hydrogens is 734 g/mol. The maximum Gasteiger partial charge on any atom is 0.415 e. The Kier molecular flexibility index (Phi) is 7.85. The number of hydrogen-bond donors (Lipinski definition) is 0. The molecule has 0 saturated carbocycles. The number of alkyl halides is 3. The van der Waals surface area contributed by atoms with Gasteiger partial charge in [-0.3, -0.25) is 0 Å². The van der Waals surface area contributed by atoms with Crippen LogP contribution in [0.3, 0.4) is 0 Å². The number of para-hydroxylation sites is 2. The molecule has 0 radical (unpaired) electrons. The van der Waals surface area contributed by atoms with Crippen LogP contribution in [-0.2, 0) is 6.18 Å². The van der Waals surface area contributed by atoms with Gasteiger partial charge in [-0.25, -0.2) is 24.8 Å². The van der Waals surface area contributed by atoms with Crippen LogP contribution in [0.2, 0.25) is 0 Å². The molecule has 6 aromatic carbocycles. The van der Waals surface area contributed by atoms with Crippen molar-refractivity contribution in [2.45, 2.75) is 6.18 Å². The maximum atomic E-state index is 15.4. The third kappa shape index (κ3) is 5.37. The summed E-state index contributed by atoms with van der Waals surface area (Å²) in [4.78, 5) is 21.6. The van der Waals surface area contributed by atoms with E-state index >= 15 is 13.2 Å². The Labute approximate surface area is 328 Å². The quantitative estimate of drug-likeness (QED) is 0.163. The van der Waals surface area contributed by atoms with E-state index in [1.165, 1.54) is 12.1 Å². The van der Waals surface area contributed by atoms with Crippen molar-refractivity contribution >= 4 is 49.3 Å². The van der Waals surface area contributed by atoms with Crippen LogP contribution >= 0.6 is 0 Å². The van der Waals surface area contributed by atoms with Gasteiger partial charge in [0.2, 0.25) is 0 Å². The van der Waals surface area contributed by atoms with Crippen LogP contribution in [0.5, 0.6) is 0 Å². The second-order valence-corrected chi connectivity index (χ2v) is 13.6. The summed E-state index contributed by atoms with van der Waals surface area (Å²) in [7, 11) is 0. The highest BCUT2D eigenvalue weighted by Crippen LogP contribution is 2.50. The number of nitrogens with zero attached hydrogens (tertiary/aromatic N) is 8. The number of hydrogen-bond acceptors (Lipinski definition) is 5. The van der Waals surface area contributed by atoms with Gasteiger partial charge in [0, 0.05) is 68.6 Å². The molecule has 0 aliphatic rings. The highest BCUT2D eigenvalue weighted by atomic mass is 19.4. The fourth-order valence-electron chi connectivity index (χ4n) is 8.05. The fraction of sp³-hybridized carbons (Fsp3) is 0.0213. The lowest BCUT2D eigenvalue weighted by atomic mass is 9.92. The van der Waals surface area contributed by atoms with Crippen molar-refractivity contribution in [1.82, 2.24) is 29.1 Å². The zero-order valence-corrected chi connectivity index (χ0v) is 30.1. The monoisotopic (exact) mass is 758 g/mol. The lowest BCUT2D eigenvalue weighted by molar-refractivity contribution is -0.137. The number of rotatable bonds is 5. The first-order valence-electron chi connectivity index (χ1n) is 18.1. The molecule has 11 heteroatoms. The Balaban J connectivity index is 1.43. The lowest BCUT2D eigenvalue weighted by Gasteiger charge is -2.24. The van der Waals surface area contributed by atoms with Crippen molar-refractivity contribution in [2.75, 3.05) is 0 Å². The van der Waals surface area contributed by atoms with Gasteiger partial charge < -0.3 is 9.13 Å². The molecule has 0 aliphatic carbocycles. The lowest BCUT2D eigenvalue weighted by Crippen LogP contribution is -2.11. The summed E-state index contributed by atoms with van der Waals surface area (Å²) in [5.74, 6) is 0.933. The largest absolute Gasteiger partial charge is 0.415 e. The normalized spacial score (nSPS) is 11.7. The van der Waals surface area contributed by atoms with Crippen molar-refractivity contribution in [3.63, 3.8) is 0 Å². The van der Waals surface area contributed by atoms with Gasteiger partial charge in [-0.2, -0.15) is 18.4 Å². The Hall–Kier alpha value is -8.15. The second kappa shape index (κ2) is 13.3. The zero-order valence-electron chi connectivity index (χ0n) is 30.1. The van der Waals surface area contributed by atoms with Crippen molar-refractivity contribution in [2.24, 2.45) is 0 Å². The van der Waals surface area contributed by atoms with Crippen molar-refractivity contribution in [3.05, 3.63) is 175 Å². The molecule has 4 aromatic heterocycles. The van der Waals surface area contributed by atoms with E-state index in [1.54, 1.807) is 49.1 Å². The third-order valence-electron chi connectivity index (χ3n) is 10.4. The summed E-state index contributed by atoms with van der Waals surface area (Å²) in [6, 6.07) is 39.4. The number of nitriles is 1. The van der Waals surface area contributed by atoms with Gasteiger partial charge in [0.15, 0.2) is 17.3 Å². The SMILES string of the molecule is [C-]#[N+]c1cccc(C(F)(F)F)c1-c1c(-n2c3ccccc3c3ccc(-c4ncccn4)cc32)cc(C#N)cc1-n1c2ccccc2c2ccc(-c3ncccn3)cc21. The highest BCUT2D eigenvalue weighted by Gasteiger charge is 2.37. The van der Waals surface area contributed by atoms with Gasteiger partial charge in [-0.1, -0.05) is 78.9 Å². The summed E-state index contributed by atoms with van der Waals surface area (Å²) in [6.45, 7) is 8.24. The molecule has 274 valence electrons. The smallest absolute Gasteiger partial charge is 0.309 e. The molecule has 0 N–H and O–H groups in total. The molecule has 0 aliphatic heterocycles. The summed E-state index contributed by atoms with van der Waals surface area (Å²) in [5.41, 5.74) is 3.43. The average molecular weight is 759 g/mol. The number of fused-ring (bicyclic) bond motifs is 6. The van der Waals surface area contributed by atoms with Crippen molar-refractivity contribution < 1.29 is 13.2 Å². The van der Waals surface area contributed by atoms with E-state index in [0.29, 0.717) is 44.8 Å². The molecule has 4 heterocycles. The number of halogens is 3. The van der Waals surface area contributed by atoms with Crippen LogP contribution in [0.1, 0.15) is 11.1 Å². The summed E-state index contributed by atoms with van der Waals surface area (Å²) >= 11 is 0. The molecule has 10 rings (SSSR count). The molecule has 0 atom stereocenters. The summed E-state index contributed by atoms with van der Waals surface area (Å²) in [5, 5.41) is 14.1. The average Bonchev–Trinajstić information content (AvgIpc) is 3.78. The van der Waals surface area contributed by atoms with Crippen LogP contribution in [0, 0.1) is 17.9 Å². The van der Waals surface area contributed by atoms with Gasteiger partial charge in [-0.05, 0) is 48.5 Å². The van der Waals surface area contributed by atoms with E-state index in [1.807, 2.05) is 94.1 Å². The second-order valence-electron chi connectivity index (χ2n) is 13.6. The molecule has 0 fully saturated rings. The molecule has 0 bridgehead atoms. The van der Waals surface area contributed by atoms with Crippen molar-refractivity contribution in [1.29, 1.82) is 5.26 Å². The fourth-order valence-corrected chi connectivity index (χ4v) is 8.05. The van der Waals surface area contributed by atoms with Crippen LogP contribution in [0.25, 0.3) is 93.7 Å². The minimum Gasteiger partial charge on any atom is -0.309 e. The Morgan fingerprint density at radius 1 is 0.534 bits per heavy atom. The Morgan fingerprint density at radius 2 is 1.02 bits per heavy atom. The van der Waals surface area contributed by atoms with Gasteiger partial charge >= 0.3 is 6.18 Å². The molecule has 0 spiro atoms. The molecular formula is C47H25F3N8. The van der Waals surface area contributed by atoms with E-state index in [0.717, 1.165) is 27.6 Å². The van der Waals surface area contributed by atoms with E-state index in [2.05, 4.69) is 30.9 Å². The van der Waals surface area contributed by atoms with Gasteiger partial charge in [-0.15, -0.1) is 0 Å². The standard InChI is InChI=1S/C47H25F3N8/c1-52-36-12-6-11-35(47(48,49)50)43(36)44-41(57-37-13-4-2-9-31(37)33-17-15-29(25-39(33)57)45-53-19-7-20-54-45)23-28(27-51)24-42(44)58-38-14-5-3-10-32(38)34-18-16-30(26-40(34)58)46-55-21-8-22-56-46/h2-26H. The first-order valence-corrected chi connectivity index (χ1v) is 18.1. The predicted octanol–water partition coefficient (Wildman–Crippen LogP) is 11.9. The van der Waals surface area contributed by atoms with E-state index < -0.39 is 11.7 Å². The number of benzene rings is 6. The van der Waals surface area contributed by atoms with Crippen molar-refractivity contribution in [3.8, 4) is 51.3 Å². The molecule has 10 aromatic rings. The third-order valence-corrected chi connectivity index (χ3v) is 10.4. The molecule has 0 unspecified atom stereocenters. The van der Waals surface area contributed by atoms with Crippen LogP contribution < -0.4 is 0 Å². The minimum atomic E-state index is -4.85. The molecule has 8 nitrogen and oxygen atoms in total. The maximum absolute atomic E-state index is 15.4. The minimum absolute atomic E-state index is 0.117. The first-order chi connectivity index (χ1) is 28.3. The molecule has 0 amide bonds. The van der Waals surface area contributed by atoms with Crippen LogP contribution in [0.4, 0.5) is 18.9 Å². The molecule has 58 heavy (non-hydrogen) atoms. The summed E-state index contributed by atoms with van der Waals surface area (Å²) in [6.07, 6.45) is 1.72. The van der Waals surface area contributed by atoms with Crippen LogP contribution in [0.15, 0.2) is 152 Å². The van der Waals surface area contributed by atoms with Gasteiger partial charge in [0.1, 0.15) is 0 Å². The predicted molar refractivity (Wildman–Crippen MR) is 219 cm³/mol. The van der Waals surface area contributed by atoms with E-state index in [4.69, 9.17) is 6.57 Å². The van der Waals surface area contributed by atoms with Crippen LogP contribution in [-0.4, -0.2) is 29.1 Å². The number of aromatic nitrogens is 6. The molecule has 0 saturated heterocycles.